The van der Waals surface area contributed by atoms with Gasteiger partial charge in [-0.3, -0.25) is 0 Å². The van der Waals surface area contributed by atoms with Crippen LogP contribution in [0.1, 0.15) is 43.7 Å². The third kappa shape index (κ3) is 3.25. The van der Waals surface area contributed by atoms with E-state index in [2.05, 4.69) is 37.9 Å². The summed E-state index contributed by atoms with van der Waals surface area (Å²) in [5.41, 5.74) is 2.83. The quantitative estimate of drug-likeness (QED) is 0.791. The smallest absolute Gasteiger partial charge is 0.357 e. The number of carbonyl (C=O) groups is 1. The summed E-state index contributed by atoms with van der Waals surface area (Å²) in [6.07, 6.45) is 0. The van der Waals surface area contributed by atoms with E-state index in [1.54, 1.807) is 12.3 Å². The van der Waals surface area contributed by atoms with E-state index in [1.165, 1.54) is 16.9 Å². The van der Waals surface area contributed by atoms with Crippen molar-refractivity contribution in [3.05, 3.63) is 40.9 Å². The van der Waals surface area contributed by atoms with Crippen LogP contribution in [0, 0.1) is 0 Å². The first-order chi connectivity index (χ1) is 9.41. The fourth-order valence-corrected chi connectivity index (χ4v) is 2.61. The molecule has 0 aliphatic carbocycles. The van der Waals surface area contributed by atoms with Gasteiger partial charge in [0.1, 0.15) is 5.01 Å². The fourth-order valence-electron chi connectivity index (χ4n) is 1.82. The average Bonchev–Trinajstić information content (AvgIpc) is 2.88. The highest BCUT2D eigenvalue weighted by atomic mass is 32.1. The normalized spacial score (nSPS) is 11.4. The Balaban J connectivity index is 2.22. The van der Waals surface area contributed by atoms with E-state index in [4.69, 9.17) is 4.74 Å². The van der Waals surface area contributed by atoms with E-state index in [-0.39, 0.29) is 11.4 Å². The Labute approximate surface area is 123 Å². The van der Waals surface area contributed by atoms with E-state index in [9.17, 15) is 4.79 Å². The molecule has 1 heterocycles. The SMILES string of the molecule is CCOC(=O)c1csc(-c2ccc(C(C)(C)C)cc2)n1. The van der Waals surface area contributed by atoms with Gasteiger partial charge in [-0.25, -0.2) is 9.78 Å². The minimum absolute atomic E-state index is 0.136. The van der Waals surface area contributed by atoms with Crippen molar-refractivity contribution in [3.63, 3.8) is 0 Å². The lowest BCUT2D eigenvalue weighted by molar-refractivity contribution is 0.0520. The molecule has 2 aromatic rings. The van der Waals surface area contributed by atoms with Crippen LogP contribution in [0.4, 0.5) is 0 Å². The lowest BCUT2D eigenvalue weighted by Gasteiger charge is -2.18. The van der Waals surface area contributed by atoms with Gasteiger partial charge in [0.15, 0.2) is 5.69 Å². The van der Waals surface area contributed by atoms with Gasteiger partial charge in [-0.05, 0) is 17.9 Å². The zero-order chi connectivity index (χ0) is 14.8. The number of hydrogen-bond acceptors (Lipinski definition) is 4. The van der Waals surface area contributed by atoms with Crippen LogP contribution in [0.2, 0.25) is 0 Å². The molecule has 0 N–H and O–H groups in total. The Kier molecular flexibility index (Phi) is 4.23. The molecule has 0 bridgehead atoms. The minimum Gasteiger partial charge on any atom is -0.461 e. The molecule has 3 nitrogen and oxygen atoms in total. The first-order valence-electron chi connectivity index (χ1n) is 6.65. The Morgan fingerprint density at radius 3 is 2.45 bits per heavy atom. The van der Waals surface area contributed by atoms with E-state index < -0.39 is 0 Å². The molecule has 106 valence electrons. The minimum atomic E-state index is -0.360. The summed E-state index contributed by atoms with van der Waals surface area (Å²) in [6, 6.07) is 8.32. The Hall–Kier alpha value is -1.68. The van der Waals surface area contributed by atoms with Gasteiger partial charge in [0.05, 0.1) is 6.61 Å². The Morgan fingerprint density at radius 2 is 1.90 bits per heavy atom. The summed E-state index contributed by atoms with van der Waals surface area (Å²) >= 11 is 1.46. The number of nitrogens with zero attached hydrogens (tertiary/aromatic N) is 1. The second-order valence-corrected chi connectivity index (χ2v) is 6.44. The molecule has 0 spiro atoms. The molecule has 1 aromatic heterocycles. The van der Waals surface area contributed by atoms with Crippen LogP contribution in [0.5, 0.6) is 0 Å². The number of carbonyl (C=O) groups excluding carboxylic acids is 1. The first kappa shape index (κ1) is 14.7. The molecule has 0 amide bonds. The van der Waals surface area contributed by atoms with E-state index in [0.717, 1.165) is 10.6 Å². The molecule has 4 heteroatoms. The van der Waals surface area contributed by atoms with Crippen LogP contribution in [0.25, 0.3) is 10.6 Å². The van der Waals surface area contributed by atoms with Crippen molar-refractivity contribution < 1.29 is 9.53 Å². The maximum atomic E-state index is 11.6. The van der Waals surface area contributed by atoms with E-state index in [0.29, 0.717) is 12.3 Å². The number of thiazole rings is 1. The number of benzene rings is 1. The van der Waals surface area contributed by atoms with E-state index in [1.807, 2.05) is 12.1 Å². The van der Waals surface area contributed by atoms with Crippen LogP contribution >= 0.6 is 11.3 Å². The maximum absolute atomic E-state index is 11.6. The predicted molar refractivity (Wildman–Crippen MR) is 82.2 cm³/mol. The summed E-state index contributed by atoms with van der Waals surface area (Å²) in [7, 11) is 0. The molecular formula is C16H19NO2S. The van der Waals surface area contributed by atoms with Crippen LogP contribution < -0.4 is 0 Å². The molecule has 2 rings (SSSR count). The second kappa shape index (κ2) is 5.75. The van der Waals surface area contributed by atoms with Crippen molar-refractivity contribution in [2.75, 3.05) is 6.61 Å². The Morgan fingerprint density at radius 1 is 1.25 bits per heavy atom. The van der Waals surface area contributed by atoms with Gasteiger partial charge in [-0.1, -0.05) is 45.0 Å². The Bertz CT molecular complexity index is 594. The number of hydrogen-bond donors (Lipinski definition) is 0. The molecule has 0 aliphatic heterocycles. The van der Waals surface area contributed by atoms with Gasteiger partial charge in [0.25, 0.3) is 0 Å². The number of ether oxygens (including phenoxy) is 1. The van der Waals surface area contributed by atoms with Crippen LogP contribution in [-0.2, 0) is 10.2 Å². The molecule has 0 fully saturated rings. The van der Waals surface area contributed by atoms with E-state index >= 15 is 0 Å². The van der Waals surface area contributed by atoms with Crippen molar-refractivity contribution in [1.29, 1.82) is 0 Å². The average molecular weight is 289 g/mol. The maximum Gasteiger partial charge on any atom is 0.357 e. The first-order valence-corrected chi connectivity index (χ1v) is 7.53. The van der Waals surface area contributed by atoms with Crippen molar-refractivity contribution >= 4 is 17.3 Å². The van der Waals surface area contributed by atoms with Gasteiger partial charge in [-0.2, -0.15) is 0 Å². The topological polar surface area (TPSA) is 39.2 Å². The highest BCUT2D eigenvalue weighted by Gasteiger charge is 2.15. The molecule has 0 saturated carbocycles. The van der Waals surface area contributed by atoms with Gasteiger partial charge in [0, 0.05) is 10.9 Å². The number of aromatic nitrogens is 1. The molecule has 1 aromatic carbocycles. The van der Waals surface area contributed by atoms with Crippen LogP contribution in [0.3, 0.4) is 0 Å². The molecule has 0 unspecified atom stereocenters. The zero-order valence-electron chi connectivity index (χ0n) is 12.3. The van der Waals surface area contributed by atoms with Gasteiger partial charge >= 0.3 is 5.97 Å². The van der Waals surface area contributed by atoms with Crippen molar-refractivity contribution in [3.8, 4) is 10.6 Å². The third-order valence-electron chi connectivity index (χ3n) is 2.99. The largest absolute Gasteiger partial charge is 0.461 e. The molecule has 0 aliphatic rings. The van der Waals surface area contributed by atoms with Crippen molar-refractivity contribution in [2.45, 2.75) is 33.1 Å². The molecule has 20 heavy (non-hydrogen) atoms. The van der Waals surface area contributed by atoms with Gasteiger partial charge in [-0.15, -0.1) is 11.3 Å². The summed E-state index contributed by atoms with van der Waals surface area (Å²) in [4.78, 5) is 15.9. The van der Waals surface area contributed by atoms with Gasteiger partial charge in [0.2, 0.25) is 0 Å². The second-order valence-electron chi connectivity index (χ2n) is 5.59. The third-order valence-corrected chi connectivity index (χ3v) is 3.88. The molecular weight excluding hydrogens is 270 g/mol. The monoisotopic (exact) mass is 289 g/mol. The standard InChI is InChI=1S/C16H19NO2S/c1-5-19-15(18)13-10-20-14(17-13)11-6-8-12(9-7-11)16(2,3)4/h6-10H,5H2,1-4H3. The van der Waals surface area contributed by atoms with Crippen LogP contribution in [0.15, 0.2) is 29.6 Å². The zero-order valence-corrected chi connectivity index (χ0v) is 13.1. The van der Waals surface area contributed by atoms with Crippen molar-refractivity contribution in [2.24, 2.45) is 0 Å². The van der Waals surface area contributed by atoms with Crippen LogP contribution in [-0.4, -0.2) is 17.6 Å². The summed E-state index contributed by atoms with van der Waals surface area (Å²) in [5, 5.41) is 2.58. The molecule has 0 saturated heterocycles. The lowest BCUT2D eigenvalue weighted by atomic mass is 9.87. The fraction of sp³-hybridized carbons (Fsp3) is 0.375. The highest BCUT2D eigenvalue weighted by Crippen LogP contribution is 2.28. The number of esters is 1. The summed E-state index contributed by atoms with van der Waals surface area (Å²) < 4.78 is 4.95. The number of rotatable bonds is 3. The van der Waals surface area contributed by atoms with Gasteiger partial charge < -0.3 is 4.74 Å². The summed E-state index contributed by atoms with van der Waals surface area (Å²) in [5.74, 6) is -0.360. The lowest BCUT2D eigenvalue weighted by Crippen LogP contribution is -2.10. The highest BCUT2D eigenvalue weighted by molar-refractivity contribution is 7.13. The van der Waals surface area contributed by atoms with Crippen molar-refractivity contribution in [1.82, 2.24) is 4.98 Å². The predicted octanol–water partition coefficient (Wildman–Crippen LogP) is 4.28. The molecule has 0 atom stereocenters. The molecule has 0 radical (unpaired) electrons. The summed E-state index contributed by atoms with van der Waals surface area (Å²) in [6.45, 7) is 8.71.